The van der Waals surface area contributed by atoms with Gasteiger partial charge in [-0.1, -0.05) is 19.8 Å². The largest absolute Gasteiger partial charge is 0.394 e. The van der Waals surface area contributed by atoms with Gasteiger partial charge in [0.05, 0.1) is 16.9 Å². The monoisotopic (exact) mass is 271 g/mol. The summed E-state index contributed by atoms with van der Waals surface area (Å²) in [6.07, 6.45) is 6.23. The summed E-state index contributed by atoms with van der Waals surface area (Å²) < 4.78 is -0.275. The fourth-order valence-corrected chi connectivity index (χ4v) is 4.50. The Balaban J connectivity index is 2.03. The number of amides is 1. The van der Waals surface area contributed by atoms with Gasteiger partial charge in [0.15, 0.2) is 0 Å². The molecule has 2 aliphatic rings. The summed E-state index contributed by atoms with van der Waals surface area (Å²) in [5.74, 6) is 1.80. The number of aliphatic hydroxyl groups is 1. The predicted octanol–water partition coefficient (Wildman–Crippen LogP) is 2.33. The van der Waals surface area contributed by atoms with Crippen LogP contribution in [-0.2, 0) is 4.79 Å². The molecule has 1 saturated carbocycles. The van der Waals surface area contributed by atoms with Crippen molar-refractivity contribution < 1.29 is 9.90 Å². The zero-order chi connectivity index (χ0) is 13.2. The van der Waals surface area contributed by atoms with Crippen molar-refractivity contribution in [3.8, 4) is 0 Å². The highest BCUT2D eigenvalue weighted by atomic mass is 32.2. The Labute approximate surface area is 114 Å². The summed E-state index contributed by atoms with van der Waals surface area (Å²) in [5, 5.41) is 12.9. The Kier molecular flexibility index (Phi) is 4.27. The van der Waals surface area contributed by atoms with Gasteiger partial charge in [0.2, 0.25) is 5.91 Å². The standard InChI is InChI=1S/C14H25NO2S/c1-11-5-3-7-14(9-11,10-16)15-12(17)13(2)6-4-8-18-13/h11,16H,3-10H2,1-2H3,(H,15,17). The molecule has 3 unspecified atom stereocenters. The van der Waals surface area contributed by atoms with Crippen LogP contribution in [0.2, 0.25) is 0 Å². The highest BCUT2D eigenvalue weighted by Gasteiger charge is 2.43. The SMILES string of the molecule is CC1CCCC(CO)(NC(=O)C2(C)CCCS2)C1. The molecule has 3 atom stereocenters. The van der Waals surface area contributed by atoms with E-state index < -0.39 is 0 Å². The van der Waals surface area contributed by atoms with Gasteiger partial charge in [0, 0.05) is 0 Å². The van der Waals surface area contributed by atoms with E-state index in [1.807, 2.05) is 6.92 Å². The van der Waals surface area contributed by atoms with Gasteiger partial charge in [-0.05, 0) is 44.3 Å². The van der Waals surface area contributed by atoms with E-state index in [-0.39, 0.29) is 22.8 Å². The normalized spacial score (nSPS) is 40.7. The second kappa shape index (κ2) is 5.41. The molecule has 3 nitrogen and oxygen atoms in total. The topological polar surface area (TPSA) is 49.3 Å². The minimum Gasteiger partial charge on any atom is -0.394 e. The molecule has 1 aliphatic heterocycles. The molecule has 0 aromatic carbocycles. The molecule has 0 spiro atoms. The molecule has 4 heteroatoms. The first-order valence-electron chi connectivity index (χ1n) is 7.07. The van der Waals surface area contributed by atoms with Crippen LogP contribution in [0.15, 0.2) is 0 Å². The highest BCUT2D eigenvalue weighted by molar-refractivity contribution is 8.01. The quantitative estimate of drug-likeness (QED) is 0.828. The summed E-state index contributed by atoms with van der Waals surface area (Å²) >= 11 is 1.76. The van der Waals surface area contributed by atoms with Gasteiger partial charge in [-0.3, -0.25) is 4.79 Å². The molecule has 1 aliphatic carbocycles. The first-order chi connectivity index (χ1) is 8.50. The molecule has 1 saturated heterocycles. The number of hydrogen-bond acceptors (Lipinski definition) is 3. The Hall–Kier alpha value is -0.220. The average molecular weight is 271 g/mol. The fraction of sp³-hybridized carbons (Fsp3) is 0.929. The van der Waals surface area contributed by atoms with E-state index in [4.69, 9.17) is 0 Å². The van der Waals surface area contributed by atoms with E-state index in [1.54, 1.807) is 11.8 Å². The molecule has 2 rings (SSSR count). The van der Waals surface area contributed by atoms with E-state index in [9.17, 15) is 9.90 Å². The van der Waals surface area contributed by atoms with Gasteiger partial charge in [0.25, 0.3) is 0 Å². The van der Waals surface area contributed by atoms with E-state index in [1.165, 1.54) is 6.42 Å². The molecule has 104 valence electrons. The van der Waals surface area contributed by atoms with Crippen LogP contribution in [0, 0.1) is 5.92 Å². The number of carbonyl (C=O) groups is 1. The van der Waals surface area contributed by atoms with Crippen molar-refractivity contribution >= 4 is 17.7 Å². The van der Waals surface area contributed by atoms with E-state index in [0.29, 0.717) is 5.92 Å². The maximum atomic E-state index is 12.5. The maximum absolute atomic E-state index is 12.5. The van der Waals surface area contributed by atoms with Crippen LogP contribution >= 0.6 is 11.8 Å². The summed E-state index contributed by atoms with van der Waals surface area (Å²) in [4.78, 5) is 12.5. The maximum Gasteiger partial charge on any atom is 0.236 e. The lowest BCUT2D eigenvalue weighted by Crippen LogP contribution is -2.57. The number of aliphatic hydroxyl groups excluding tert-OH is 1. The first-order valence-corrected chi connectivity index (χ1v) is 8.06. The summed E-state index contributed by atoms with van der Waals surface area (Å²) in [5.41, 5.74) is -0.360. The molecule has 0 bridgehead atoms. The zero-order valence-electron chi connectivity index (χ0n) is 11.5. The third-order valence-electron chi connectivity index (χ3n) is 4.47. The lowest BCUT2D eigenvalue weighted by Gasteiger charge is -2.41. The average Bonchev–Trinajstić information content (AvgIpc) is 2.77. The Morgan fingerprint density at radius 2 is 2.22 bits per heavy atom. The lowest BCUT2D eigenvalue weighted by molar-refractivity contribution is -0.126. The van der Waals surface area contributed by atoms with Crippen molar-refractivity contribution in [3.63, 3.8) is 0 Å². The summed E-state index contributed by atoms with van der Waals surface area (Å²) in [6.45, 7) is 4.32. The second-order valence-corrected chi connectivity index (χ2v) is 7.87. The minimum atomic E-state index is -0.360. The Morgan fingerprint density at radius 1 is 1.44 bits per heavy atom. The fourth-order valence-electron chi connectivity index (χ4n) is 3.29. The number of nitrogens with one attached hydrogen (secondary N) is 1. The number of rotatable bonds is 3. The minimum absolute atomic E-state index is 0.0732. The summed E-state index contributed by atoms with van der Waals surface area (Å²) in [6, 6.07) is 0. The van der Waals surface area contributed by atoms with E-state index in [0.717, 1.165) is 37.9 Å². The van der Waals surface area contributed by atoms with Gasteiger partial charge in [0.1, 0.15) is 0 Å². The molecule has 1 heterocycles. The molecule has 18 heavy (non-hydrogen) atoms. The molecule has 0 radical (unpaired) electrons. The molecule has 0 aromatic rings. The lowest BCUT2D eigenvalue weighted by atomic mass is 9.76. The molecule has 2 fully saturated rings. The summed E-state index contributed by atoms with van der Waals surface area (Å²) in [7, 11) is 0. The molecule has 1 amide bonds. The zero-order valence-corrected chi connectivity index (χ0v) is 12.3. The van der Waals surface area contributed by atoms with Crippen molar-refractivity contribution in [2.24, 2.45) is 5.92 Å². The smallest absolute Gasteiger partial charge is 0.236 e. The first kappa shape index (κ1) is 14.2. The van der Waals surface area contributed by atoms with Crippen LogP contribution in [0.3, 0.4) is 0 Å². The van der Waals surface area contributed by atoms with Gasteiger partial charge in [-0.15, -0.1) is 11.8 Å². The van der Waals surface area contributed by atoms with Crippen molar-refractivity contribution in [3.05, 3.63) is 0 Å². The van der Waals surface area contributed by atoms with E-state index >= 15 is 0 Å². The van der Waals surface area contributed by atoms with Crippen LogP contribution in [0.4, 0.5) is 0 Å². The van der Waals surface area contributed by atoms with E-state index in [2.05, 4.69) is 12.2 Å². The van der Waals surface area contributed by atoms with Crippen LogP contribution in [0.5, 0.6) is 0 Å². The van der Waals surface area contributed by atoms with Gasteiger partial charge in [-0.25, -0.2) is 0 Å². The van der Waals surface area contributed by atoms with Crippen LogP contribution in [0.25, 0.3) is 0 Å². The van der Waals surface area contributed by atoms with Crippen molar-refractivity contribution in [2.75, 3.05) is 12.4 Å². The van der Waals surface area contributed by atoms with Crippen molar-refractivity contribution in [1.29, 1.82) is 0 Å². The highest BCUT2D eigenvalue weighted by Crippen LogP contribution is 2.39. The Morgan fingerprint density at radius 3 is 2.78 bits per heavy atom. The van der Waals surface area contributed by atoms with Crippen LogP contribution in [-0.4, -0.2) is 33.7 Å². The van der Waals surface area contributed by atoms with Crippen molar-refractivity contribution in [1.82, 2.24) is 5.32 Å². The van der Waals surface area contributed by atoms with Crippen LogP contribution in [0.1, 0.15) is 52.4 Å². The molecular formula is C14H25NO2S. The Bertz CT molecular complexity index is 315. The van der Waals surface area contributed by atoms with Gasteiger partial charge >= 0.3 is 0 Å². The van der Waals surface area contributed by atoms with Crippen LogP contribution < -0.4 is 5.32 Å². The second-order valence-electron chi connectivity index (χ2n) is 6.28. The van der Waals surface area contributed by atoms with Crippen molar-refractivity contribution in [2.45, 2.75) is 62.7 Å². The number of hydrogen-bond donors (Lipinski definition) is 2. The number of thioether (sulfide) groups is 1. The van der Waals surface area contributed by atoms with Gasteiger partial charge < -0.3 is 10.4 Å². The number of carbonyl (C=O) groups excluding carboxylic acids is 1. The molecule has 2 N–H and O–H groups in total. The third kappa shape index (κ3) is 2.85. The van der Waals surface area contributed by atoms with Gasteiger partial charge in [-0.2, -0.15) is 0 Å². The molecule has 0 aromatic heterocycles. The molecular weight excluding hydrogens is 246 g/mol. The third-order valence-corrected chi connectivity index (χ3v) is 5.99. The predicted molar refractivity (Wildman–Crippen MR) is 75.7 cm³/mol.